The van der Waals surface area contributed by atoms with Gasteiger partial charge in [-0.2, -0.15) is 0 Å². The number of anilines is 1. The number of hydrogen-bond acceptors (Lipinski definition) is 5. The van der Waals surface area contributed by atoms with Crippen LogP contribution >= 0.6 is 0 Å². The second kappa shape index (κ2) is 9.15. The maximum absolute atomic E-state index is 12.3. The Labute approximate surface area is 153 Å². The average molecular weight is 361 g/mol. The van der Waals surface area contributed by atoms with Crippen molar-refractivity contribution in [2.24, 2.45) is 0 Å². The van der Waals surface area contributed by atoms with Gasteiger partial charge in [-0.25, -0.2) is 14.6 Å². The zero-order valence-corrected chi connectivity index (χ0v) is 15.8. The third-order valence-electron chi connectivity index (χ3n) is 3.86. The fourth-order valence-electron chi connectivity index (χ4n) is 2.58. The number of quaternary nitrogens is 1. The normalized spacial score (nSPS) is 10.8. The lowest BCUT2D eigenvalue weighted by atomic mass is 10.1. The van der Waals surface area contributed by atoms with Crippen molar-refractivity contribution in [3.05, 3.63) is 35.5 Å². The summed E-state index contributed by atoms with van der Waals surface area (Å²) in [6.45, 7) is 5.69. The molecule has 0 bridgehead atoms. The topological polar surface area (TPSA) is 83.2 Å². The molecule has 0 aliphatic rings. The molecule has 3 N–H and O–H groups in total. The van der Waals surface area contributed by atoms with Crippen LogP contribution in [0.1, 0.15) is 34.6 Å². The number of aromatic nitrogens is 1. The third kappa shape index (κ3) is 4.70. The molecule has 0 aliphatic carbocycles. The fourth-order valence-corrected chi connectivity index (χ4v) is 2.58. The van der Waals surface area contributed by atoms with Crippen LogP contribution in [0, 0.1) is 0 Å². The molecule has 0 unspecified atom stereocenters. The number of esters is 2. The van der Waals surface area contributed by atoms with Gasteiger partial charge < -0.3 is 19.7 Å². The summed E-state index contributed by atoms with van der Waals surface area (Å²) in [5.74, 6) is -0.800. The van der Waals surface area contributed by atoms with Gasteiger partial charge in [0.25, 0.3) is 0 Å². The van der Waals surface area contributed by atoms with Gasteiger partial charge in [0, 0.05) is 6.07 Å². The monoisotopic (exact) mass is 361 g/mol. The number of carbonyl (C=O) groups excluding carboxylic acids is 2. The van der Waals surface area contributed by atoms with Gasteiger partial charge in [0.2, 0.25) is 5.52 Å². The molecule has 0 radical (unpaired) electrons. The minimum absolute atomic E-state index is 0.293. The molecule has 140 valence electrons. The summed E-state index contributed by atoms with van der Waals surface area (Å²) >= 11 is 0. The molecule has 0 amide bonds. The van der Waals surface area contributed by atoms with Crippen LogP contribution in [0.4, 0.5) is 5.69 Å². The van der Waals surface area contributed by atoms with Crippen LogP contribution in [0.5, 0.6) is 0 Å². The predicted octanol–water partition coefficient (Wildman–Crippen LogP) is 0.564. The molecule has 0 saturated heterocycles. The number of pyridine rings is 1. The summed E-state index contributed by atoms with van der Waals surface area (Å²) < 4.78 is 10.2. The van der Waals surface area contributed by atoms with E-state index in [1.807, 2.05) is 0 Å². The Bertz CT molecular complexity index is 784. The summed E-state index contributed by atoms with van der Waals surface area (Å²) in [7, 11) is 4.12. The van der Waals surface area contributed by atoms with E-state index in [0.29, 0.717) is 36.6 Å². The van der Waals surface area contributed by atoms with E-state index < -0.39 is 5.97 Å². The Morgan fingerprint density at radius 2 is 1.81 bits per heavy atom. The Morgan fingerprint density at radius 1 is 1.12 bits per heavy atom. The van der Waals surface area contributed by atoms with Gasteiger partial charge >= 0.3 is 11.9 Å². The number of H-pyrrole nitrogens is 1. The van der Waals surface area contributed by atoms with Crippen LogP contribution in [0.2, 0.25) is 0 Å². The first kappa shape index (κ1) is 19.7. The van der Waals surface area contributed by atoms with E-state index in [9.17, 15) is 9.59 Å². The Hall–Kier alpha value is -2.67. The van der Waals surface area contributed by atoms with Crippen LogP contribution in [-0.4, -0.2) is 52.3 Å². The highest BCUT2D eigenvalue weighted by molar-refractivity contribution is 6.05. The molecule has 26 heavy (non-hydrogen) atoms. The second-order valence-electron chi connectivity index (χ2n) is 6.16. The number of rotatable bonds is 8. The number of fused-ring (bicyclic) bond motifs is 1. The second-order valence-corrected chi connectivity index (χ2v) is 6.16. The van der Waals surface area contributed by atoms with Gasteiger partial charge in [-0.1, -0.05) is 0 Å². The molecular formula is C19H27N3O4+2. The third-order valence-corrected chi connectivity index (χ3v) is 3.86. The smallest absolute Gasteiger partial charge is 0.346 e. The maximum Gasteiger partial charge on any atom is 0.346 e. The SMILES string of the molecule is CCOC(=O)c1ccc2[nH+]cc(C(=O)OCC)c(NCC[NH+](C)C)c2c1. The van der Waals surface area contributed by atoms with E-state index >= 15 is 0 Å². The van der Waals surface area contributed by atoms with Crippen molar-refractivity contribution in [2.75, 3.05) is 45.7 Å². The first-order valence-electron chi connectivity index (χ1n) is 8.83. The highest BCUT2D eigenvalue weighted by Gasteiger charge is 2.21. The molecule has 0 saturated carbocycles. The summed E-state index contributed by atoms with van der Waals surface area (Å²) in [5.41, 5.74) is 2.32. The van der Waals surface area contributed by atoms with E-state index in [-0.39, 0.29) is 5.97 Å². The van der Waals surface area contributed by atoms with Crippen molar-refractivity contribution in [1.29, 1.82) is 0 Å². The highest BCUT2D eigenvalue weighted by atomic mass is 16.5. The van der Waals surface area contributed by atoms with E-state index in [2.05, 4.69) is 24.4 Å². The molecule has 7 heteroatoms. The molecule has 0 aliphatic heterocycles. The lowest BCUT2D eigenvalue weighted by molar-refractivity contribution is -0.856. The zero-order valence-electron chi connectivity index (χ0n) is 15.8. The van der Waals surface area contributed by atoms with Crippen molar-refractivity contribution in [3.8, 4) is 0 Å². The Balaban J connectivity index is 2.51. The van der Waals surface area contributed by atoms with Gasteiger partial charge in [0.05, 0.1) is 57.0 Å². The quantitative estimate of drug-likeness (QED) is 0.672. The molecule has 0 spiro atoms. The summed E-state index contributed by atoms with van der Waals surface area (Å²) in [6, 6.07) is 5.24. The molecule has 0 atom stereocenters. The minimum Gasteiger partial charge on any atom is -0.462 e. The number of nitrogens with one attached hydrogen (secondary N) is 3. The fraction of sp³-hybridized carbons (Fsp3) is 0.421. The van der Waals surface area contributed by atoms with Crippen LogP contribution in [0.25, 0.3) is 10.9 Å². The van der Waals surface area contributed by atoms with Crippen molar-refractivity contribution in [2.45, 2.75) is 13.8 Å². The van der Waals surface area contributed by atoms with E-state index in [1.165, 1.54) is 4.90 Å². The molecular weight excluding hydrogens is 334 g/mol. The first-order chi connectivity index (χ1) is 12.5. The van der Waals surface area contributed by atoms with Crippen molar-refractivity contribution < 1.29 is 28.9 Å². The standard InChI is InChI=1S/C19H25N3O4/c1-5-25-18(23)13-7-8-16-14(11-13)17(20-9-10-22(3)4)15(12-21-16)19(24)26-6-2/h7-8,11-12H,5-6,9-10H2,1-4H3,(H,20,21)/p+2. The van der Waals surface area contributed by atoms with Gasteiger partial charge in [0.15, 0.2) is 6.20 Å². The number of aromatic amines is 1. The Kier molecular flexibility index (Phi) is 6.91. The first-order valence-corrected chi connectivity index (χ1v) is 8.83. The largest absolute Gasteiger partial charge is 0.462 e. The molecule has 1 heterocycles. The van der Waals surface area contributed by atoms with Crippen LogP contribution in [-0.2, 0) is 9.47 Å². The number of hydrogen-bond donors (Lipinski definition) is 2. The van der Waals surface area contributed by atoms with Crippen LogP contribution < -0.4 is 15.2 Å². The zero-order chi connectivity index (χ0) is 19.1. The van der Waals surface area contributed by atoms with Crippen molar-refractivity contribution in [3.63, 3.8) is 0 Å². The average Bonchev–Trinajstić information content (AvgIpc) is 2.61. The molecule has 2 rings (SSSR count). The van der Waals surface area contributed by atoms with Gasteiger partial charge in [-0.05, 0) is 26.0 Å². The number of likely N-dealkylation sites (N-methyl/N-ethyl adjacent to an activating group) is 1. The molecule has 2 aromatic rings. The van der Waals surface area contributed by atoms with Gasteiger partial charge in [0.1, 0.15) is 5.56 Å². The lowest BCUT2D eigenvalue weighted by Crippen LogP contribution is -3.06. The summed E-state index contributed by atoms with van der Waals surface area (Å²) in [4.78, 5) is 28.8. The summed E-state index contributed by atoms with van der Waals surface area (Å²) in [5, 5.41) is 4.08. The Morgan fingerprint density at radius 3 is 2.46 bits per heavy atom. The number of ether oxygens (including phenoxy) is 2. The highest BCUT2D eigenvalue weighted by Crippen LogP contribution is 2.26. The molecule has 1 aromatic carbocycles. The molecule has 7 nitrogen and oxygen atoms in total. The van der Waals surface area contributed by atoms with Crippen molar-refractivity contribution >= 4 is 28.5 Å². The van der Waals surface area contributed by atoms with E-state index in [0.717, 1.165) is 17.4 Å². The van der Waals surface area contributed by atoms with Crippen LogP contribution in [0.3, 0.4) is 0 Å². The summed E-state index contributed by atoms with van der Waals surface area (Å²) in [6.07, 6.45) is 1.63. The minimum atomic E-state index is -0.410. The number of benzene rings is 1. The van der Waals surface area contributed by atoms with Crippen LogP contribution in [0.15, 0.2) is 24.4 Å². The van der Waals surface area contributed by atoms with Gasteiger partial charge in [-0.15, -0.1) is 0 Å². The predicted molar refractivity (Wildman–Crippen MR) is 98.6 cm³/mol. The number of carbonyl (C=O) groups is 2. The lowest BCUT2D eigenvalue weighted by Gasteiger charge is -2.13. The van der Waals surface area contributed by atoms with Crippen molar-refractivity contribution in [1.82, 2.24) is 0 Å². The molecule has 0 fully saturated rings. The van der Waals surface area contributed by atoms with E-state index in [4.69, 9.17) is 9.47 Å². The van der Waals surface area contributed by atoms with E-state index in [1.54, 1.807) is 38.2 Å². The maximum atomic E-state index is 12.3. The van der Waals surface area contributed by atoms with Gasteiger partial charge in [-0.3, -0.25) is 0 Å². The molecule has 1 aromatic heterocycles.